The van der Waals surface area contributed by atoms with Crippen LogP contribution in [0.15, 0.2) is 35.3 Å². The zero-order chi connectivity index (χ0) is 11.4. The number of rotatable bonds is 4. The van der Waals surface area contributed by atoms with Crippen molar-refractivity contribution in [3.8, 4) is 0 Å². The molecule has 1 aromatic rings. The molecule has 0 spiro atoms. The third-order valence-electron chi connectivity index (χ3n) is 2.98. The standard InChI is InChI=1S/C12H18N4/c13-12(14)15-8-11-6-7-16(11)9-10-4-2-1-3-5-10/h1-5,11H,6-9H2,(H4,13,14,15). The number of hydrogen-bond donors (Lipinski definition) is 2. The molecule has 0 aliphatic carbocycles. The van der Waals surface area contributed by atoms with Crippen LogP contribution >= 0.6 is 0 Å². The average Bonchev–Trinajstić information content (AvgIpc) is 2.26. The zero-order valence-corrected chi connectivity index (χ0v) is 9.34. The second kappa shape index (κ2) is 4.99. The van der Waals surface area contributed by atoms with Gasteiger partial charge in [0.15, 0.2) is 5.96 Å². The molecule has 16 heavy (non-hydrogen) atoms. The van der Waals surface area contributed by atoms with Crippen LogP contribution in [0.25, 0.3) is 0 Å². The zero-order valence-electron chi connectivity index (χ0n) is 9.34. The lowest BCUT2D eigenvalue weighted by Crippen LogP contribution is -2.49. The van der Waals surface area contributed by atoms with E-state index in [0.717, 1.165) is 19.6 Å². The van der Waals surface area contributed by atoms with Crippen molar-refractivity contribution in [2.45, 2.75) is 19.0 Å². The number of benzene rings is 1. The Bertz CT molecular complexity index is 357. The molecule has 1 heterocycles. The average molecular weight is 218 g/mol. The Morgan fingerprint density at radius 1 is 1.31 bits per heavy atom. The largest absolute Gasteiger partial charge is 0.370 e. The maximum absolute atomic E-state index is 5.33. The lowest BCUT2D eigenvalue weighted by Gasteiger charge is -2.40. The van der Waals surface area contributed by atoms with Crippen molar-refractivity contribution < 1.29 is 0 Å². The first kappa shape index (κ1) is 11.0. The van der Waals surface area contributed by atoms with Crippen LogP contribution in [0.1, 0.15) is 12.0 Å². The summed E-state index contributed by atoms with van der Waals surface area (Å²) in [4.78, 5) is 6.47. The van der Waals surface area contributed by atoms with Crippen molar-refractivity contribution in [1.82, 2.24) is 4.90 Å². The van der Waals surface area contributed by atoms with Crippen LogP contribution in [0.5, 0.6) is 0 Å². The minimum Gasteiger partial charge on any atom is -0.370 e. The van der Waals surface area contributed by atoms with E-state index in [1.807, 2.05) is 6.07 Å². The summed E-state index contributed by atoms with van der Waals surface area (Å²) in [7, 11) is 0. The van der Waals surface area contributed by atoms with Gasteiger partial charge < -0.3 is 11.5 Å². The molecule has 0 bridgehead atoms. The SMILES string of the molecule is NC(N)=NCC1CCN1Cc1ccccc1. The maximum Gasteiger partial charge on any atom is 0.185 e. The molecule has 1 fully saturated rings. The predicted octanol–water partition coefficient (Wildman–Crippen LogP) is 0.534. The molecule has 4 nitrogen and oxygen atoms in total. The van der Waals surface area contributed by atoms with E-state index in [2.05, 4.69) is 34.2 Å². The number of aliphatic imine (C=N–C) groups is 1. The maximum atomic E-state index is 5.33. The third-order valence-corrected chi connectivity index (χ3v) is 2.98. The van der Waals surface area contributed by atoms with Crippen LogP contribution in [-0.4, -0.2) is 30.0 Å². The monoisotopic (exact) mass is 218 g/mol. The van der Waals surface area contributed by atoms with Gasteiger partial charge in [-0.25, -0.2) is 0 Å². The molecule has 1 saturated heterocycles. The Hall–Kier alpha value is -1.55. The van der Waals surface area contributed by atoms with Crippen molar-refractivity contribution in [3.05, 3.63) is 35.9 Å². The van der Waals surface area contributed by atoms with Crippen LogP contribution in [-0.2, 0) is 6.54 Å². The molecule has 4 N–H and O–H groups in total. The van der Waals surface area contributed by atoms with Crippen molar-refractivity contribution >= 4 is 5.96 Å². The Morgan fingerprint density at radius 3 is 2.62 bits per heavy atom. The van der Waals surface area contributed by atoms with E-state index in [1.165, 1.54) is 12.0 Å². The van der Waals surface area contributed by atoms with Crippen LogP contribution in [0.2, 0.25) is 0 Å². The molecule has 1 unspecified atom stereocenters. The minimum absolute atomic E-state index is 0.187. The lowest BCUT2D eigenvalue weighted by atomic mass is 10.0. The molecule has 0 aromatic heterocycles. The fourth-order valence-electron chi connectivity index (χ4n) is 1.94. The topological polar surface area (TPSA) is 67.6 Å². The van der Waals surface area contributed by atoms with E-state index >= 15 is 0 Å². The molecule has 0 amide bonds. The van der Waals surface area contributed by atoms with E-state index in [9.17, 15) is 0 Å². The molecule has 2 rings (SSSR count). The number of likely N-dealkylation sites (tertiary alicyclic amines) is 1. The second-order valence-corrected chi connectivity index (χ2v) is 4.16. The van der Waals surface area contributed by atoms with Gasteiger partial charge in [0.25, 0.3) is 0 Å². The highest BCUT2D eigenvalue weighted by Gasteiger charge is 2.27. The fraction of sp³-hybridized carbons (Fsp3) is 0.417. The number of hydrogen-bond acceptors (Lipinski definition) is 2. The Morgan fingerprint density at radius 2 is 2.06 bits per heavy atom. The molecule has 1 aromatic carbocycles. The normalized spacial score (nSPS) is 20.1. The van der Waals surface area contributed by atoms with E-state index in [-0.39, 0.29) is 5.96 Å². The van der Waals surface area contributed by atoms with E-state index < -0.39 is 0 Å². The summed E-state index contributed by atoms with van der Waals surface area (Å²) in [5, 5.41) is 0. The first-order chi connectivity index (χ1) is 7.75. The van der Waals surface area contributed by atoms with Gasteiger partial charge in [-0.1, -0.05) is 30.3 Å². The summed E-state index contributed by atoms with van der Waals surface area (Å²) < 4.78 is 0. The van der Waals surface area contributed by atoms with Gasteiger partial charge in [-0.2, -0.15) is 0 Å². The first-order valence-corrected chi connectivity index (χ1v) is 5.59. The van der Waals surface area contributed by atoms with Gasteiger partial charge >= 0.3 is 0 Å². The Balaban J connectivity index is 1.85. The van der Waals surface area contributed by atoms with E-state index in [0.29, 0.717) is 6.04 Å². The van der Waals surface area contributed by atoms with Gasteiger partial charge in [0.1, 0.15) is 0 Å². The van der Waals surface area contributed by atoms with Crippen molar-refractivity contribution in [2.24, 2.45) is 16.5 Å². The summed E-state index contributed by atoms with van der Waals surface area (Å²) in [5.41, 5.74) is 12.0. The molecule has 1 aliphatic heterocycles. The Labute approximate surface area is 96.0 Å². The fourth-order valence-corrected chi connectivity index (χ4v) is 1.94. The molecule has 4 heteroatoms. The molecule has 1 atom stereocenters. The molecule has 0 saturated carbocycles. The molecular weight excluding hydrogens is 200 g/mol. The Kier molecular flexibility index (Phi) is 3.41. The minimum atomic E-state index is 0.187. The number of nitrogens with zero attached hydrogens (tertiary/aromatic N) is 2. The highest BCUT2D eigenvalue weighted by molar-refractivity contribution is 5.75. The summed E-state index contributed by atoms with van der Waals surface area (Å²) >= 11 is 0. The van der Waals surface area contributed by atoms with Crippen LogP contribution in [0.4, 0.5) is 0 Å². The van der Waals surface area contributed by atoms with Gasteiger partial charge in [-0.3, -0.25) is 9.89 Å². The number of guanidine groups is 1. The smallest absolute Gasteiger partial charge is 0.185 e. The summed E-state index contributed by atoms with van der Waals surface area (Å²) in [5.74, 6) is 0.187. The highest BCUT2D eigenvalue weighted by atomic mass is 15.2. The van der Waals surface area contributed by atoms with Crippen molar-refractivity contribution in [3.63, 3.8) is 0 Å². The molecule has 0 radical (unpaired) electrons. The predicted molar refractivity (Wildman–Crippen MR) is 65.9 cm³/mol. The van der Waals surface area contributed by atoms with Gasteiger partial charge in [-0.15, -0.1) is 0 Å². The first-order valence-electron chi connectivity index (χ1n) is 5.59. The van der Waals surface area contributed by atoms with Crippen LogP contribution < -0.4 is 11.5 Å². The number of nitrogens with two attached hydrogens (primary N) is 2. The summed E-state index contributed by atoms with van der Waals surface area (Å²) in [6, 6.07) is 11.0. The third kappa shape index (κ3) is 2.73. The summed E-state index contributed by atoms with van der Waals surface area (Å²) in [6.07, 6.45) is 1.18. The van der Waals surface area contributed by atoms with E-state index in [4.69, 9.17) is 11.5 Å². The van der Waals surface area contributed by atoms with Gasteiger partial charge in [0.05, 0.1) is 6.54 Å². The van der Waals surface area contributed by atoms with Gasteiger partial charge in [0, 0.05) is 19.1 Å². The van der Waals surface area contributed by atoms with Crippen LogP contribution in [0, 0.1) is 0 Å². The van der Waals surface area contributed by atoms with E-state index in [1.54, 1.807) is 0 Å². The van der Waals surface area contributed by atoms with Gasteiger partial charge in [0.2, 0.25) is 0 Å². The van der Waals surface area contributed by atoms with Crippen molar-refractivity contribution in [1.29, 1.82) is 0 Å². The van der Waals surface area contributed by atoms with Gasteiger partial charge in [-0.05, 0) is 12.0 Å². The molecule has 86 valence electrons. The highest BCUT2D eigenvalue weighted by Crippen LogP contribution is 2.20. The second-order valence-electron chi connectivity index (χ2n) is 4.16. The lowest BCUT2D eigenvalue weighted by molar-refractivity contribution is 0.0885. The summed E-state index contributed by atoms with van der Waals surface area (Å²) in [6.45, 7) is 2.85. The molecular formula is C12H18N4. The molecule has 1 aliphatic rings. The van der Waals surface area contributed by atoms with Crippen LogP contribution in [0.3, 0.4) is 0 Å². The van der Waals surface area contributed by atoms with Crippen molar-refractivity contribution in [2.75, 3.05) is 13.1 Å². The quantitative estimate of drug-likeness (QED) is 0.572.